The van der Waals surface area contributed by atoms with E-state index in [1.807, 2.05) is 6.07 Å². The Balaban J connectivity index is 0.000000195. The van der Waals surface area contributed by atoms with Crippen LogP contribution in [0.25, 0.3) is 11.1 Å². The first-order chi connectivity index (χ1) is 15.2. The lowest BCUT2D eigenvalue weighted by atomic mass is 10.0. The Morgan fingerprint density at radius 1 is 0.906 bits per heavy atom. The fourth-order valence-corrected chi connectivity index (χ4v) is 2.80. The zero-order valence-corrected chi connectivity index (χ0v) is 16.2. The van der Waals surface area contributed by atoms with E-state index in [0.29, 0.717) is 24.5 Å². The van der Waals surface area contributed by atoms with E-state index in [0.717, 1.165) is 17.8 Å². The van der Waals surface area contributed by atoms with Gasteiger partial charge in [0.25, 0.3) is 0 Å². The molecule has 1 heterocycles. The normalized spacial score (nSPS) is 12.8. The van der Waals surface area contributed by atoms with Crippen LogP contribution in [0.2, 0.25) is 0 Å². The van der Waals surface area contributed by atoms with Crippen LogP contribution in [0.3, 0.4) is 0 Å². The monoisotopic (exact) mass is 459 g/mol. The summed E-state index contributed by atoms with van der Waals surface area (Å²) in [5.74, 6) is -3.65. The zero-order valence-electron chi connectivity index (χ0n) is 16.2. The quantitative estimate of drug-likeness (QED) is 0.357. The number of anilines is 1. The highest BCUT2D eigenvalue weighted by atomic mass is 19.3. The van der Waals surface area contributed by atoms with Gasteiger partial charge in [-0.3, -0.25) is 0 Å². The van der Waals surface area contributed by atoms with Crippen LogP contribution in [0, 0.1) is 17.5 Å². The molecule has 4 rings (SSSR count). The highest BCUT2D eigenvalue weighted by Crippen LogP contribution is 2.38. The number of benzene rings is 3. The van der Waals surface area contributed by atoms with Crippen LogP contribution in [-0.4, -0.2) is 25.7 Å². The maximum atomic E-state index is 13.3. The molecule has 0 spiro atoms. The predicted molar refractivity (Wildman–Crippen MR) is 104 cm³/mol. The summed E-state index contributed by atoms with van der Waals surface area (Å²) >= 11 is 0. The molecule has 10 heteroatoms. The van der Waals surface area contributed by atoms with Crippen LogP contribution in [0.1, 0.15) is 0 Å². The van der Waals surface area contributed by atoms with Gasteiger partial charge in [-0.2, -0.15) is 17.6 Å². The minimum absolute atomic E-state index is 0.247. The summed E-state index contributed by atoms with van der Waals surface area (Å²) in [6.45, 7) is 1.14. The molecule has 0 unspecified atom stereocenters. The van der Waals surface area contributed by atoms with Crippen LogP contribution < -0.4 is 14.8 Å². The summed E-state index contributed by atoms with van der Waals surface area (Å²) in [7, 11) is 0. The number of rotatable bonds is 4. The van der Waals surface area contributed by atoms with Crippen LogP contribution in [0.4, 0.5) is 36.4 Å². The predicted octanol–water partition coefficient (Wildman–Crippen LogP) is 6.50. The van der Waals surface area contributed by atoms with Crippen molar-refractivity contribution in [3.63, 3.8) is 0 Å². The summed E-state index contributed by atoms with van der Waals surface area (Å²) in [5, 5.41) is 3.13. The standard InChI is InChI=1S/C14H10F3NO.C8H6F4O/c15-10-6-8(7-11(16)13(10)17)9-2-1-3-12-14(9)19-5-4-18-12;9-7(10)8(11,12)13-6-4-2-1-3-5-6/h1-3,6-7,18H,4-5H2;1-5,7H. The molecule has 0 radical (unpaired) electrons. The molecule has 1 N–H and O–H groups in total. The topological polar surface area (TPSA) is 30.5 Å². The van der Waals surface area contributed by atoms with Gasteiger partial charge in [0, 0.05) is 12.1 Å². The van der Waals surface area contributed by atoms with Gasteiger partial charge in [0.2, 0.25) is 0 Å². The third-order valence-corrected chi connectivity index (χ3v) is 4.22. The molecule has 0 atom stereocenters. The number of alkyl halides is 4. The molecular weight excluding hydrogens is 443 g/mol. The summed E-state index contributed by atoms with van der Waals surface area (Å²) in [5.41, 5.74) is 1.54. The summed E-state index contributed by atoms with van der Waals surface area (Å²) in [6.07, 6.45) is -8.26. The Morgan fingerprint density at radius 3 is 2.19 bits per heavy atom. The number of ether oxygens (including phenoxy) is 2. The highest BCUT2D eigenvalue weighted by molar-refractivity contribution is 5.78. The van der Waals surface area contributed by atoms with Crippen LogP contribution in [0.5, 0.6) is 11.5 Å². The van der Waals surface area contributed by atoms with Crippen LogP contribution in [0.15, 0.2) is 60.7 Å². The Bertz CT molecular complexity index is 1040. The van der Waals surface area contributed by atoms with E-state index in [-0.39, 0.29) is 11.3 Å². The number of nitrogens with one attached hydrogen (secondary N) is 1. The van der Waals surface area contributed by atoms with Crippen molar-refractivity contribution in [2.45, 2.75) is 12.5 Å². The summed E-state index contributed by atoms with van der Waals surface area (Å²) in [6, 6.07) is 13.9. The van der Waals surface area contributed by atoms with Gasteiger partial charge in [-0.25, -0.2) is 13.2 Å². The van der Waals surface area contributed by atoms with Gasteiger partial charge in [0.15, 0.2) is 17.5 Å². The van der Waals surface area contributed by atoms with Gasteiger partial charge in [-0.15, -0.1) is 0 Å². The molecule has 0 amide bonds. The molecular formula is C22H16F7NO2. The van der Waals surface area contributed by atoms with Gasteiger partial charge in [0.1, 0.15) is 18.1 Å². The lowest BCUT2D eigenvalue weighted by Crippen LogP contribution is -2.33. The Morgan fingerprint density at radius 2 is 1.56 bits per heavy atom. The fourth-order valence-electron chi connectivity index (χ4n) is 2.80. The van der Waals surface area contributed by atoms with Crippen molar-refractivity contribution in [1.82, 2.24) is 0 Å². The third-order valence-electron chi connectivity index (χ3n) is 4.22. The summed E-state index contributed by atoms with van der Waals surface area (Å²) in [4.78, 5) is 0. The average Bonchev–Trinajstić information content (AvgIpc) is 2.77. The smallest absolute Gasteiger partial charge is 0.461 e. The van der Waals surface area contributed by atoms with E-state index < -0.39 is 30.0 Å². The summed E-state index contributed by atoms with van der Waals surface area (Å²) < 4.78 is 96.6. The molecule has 0 saturated carbocycles. The Hall–Kier alpha value is -3.43. The van der Waals surface area contributed by atoms with Crippen molar-refractivity contribution in [3.05, 3.63) is 78.1 Å². The van der Waals surface area contributed by atoms with Crippen molar-refractivity contribution in [2.75, 3.05) is 18.5 Å². The van der Waals surface area contributed by atoms with Gasteiger partial charge in [0.05, 0.1) is 5.69 Å². The molecule has 0 fully saturated rings. The number of hydrogen-bond acceptors (Lipinski definition) is 3. The van der Waals surface area contributed by atoms with Gasteiger partial charge < -0.3 is 14.8 Å². The molecule has 32 heavy (non-hydrogen) atoms. The number of halogens is 7. The lowest BCUT2D eigenvalue weighted by molar-refractivity contribution is -0.253. The molecule has 0 aliphatic carbocycles. The highest BCUT2D eigenvalue weighted by Gasteiger charge is 2.43. The Kier molecular flexibility index (Phi) is 7.12. The lowest BCUT2D eigenvalue weighted by Gasteiger charge is -2.21. The first kappa shape index (κ1) is 23.2. The second-order valence-corrected chi connectivity index (χ2v) is 6.49. The Labute approximate surface area is 178 Å². The zero-order chi connectivity index (χ0) is 23.3. The van der Waals surface area contributed by atoms with Crippen molar-refractivity contribution < 1.29 is 40.2 Å². The van der Waals surface area contributed by atoms with Crippen LogP contribution in [-0.2, 0) is 0 Å². The minimum Gasteiger partial charge on any atom is -0.489 e. The largest absolute Gasteiger partial charge is 0.489 e. The molecule has 170 valence electrons. The maximum absolute atomic E-state index is 13.3. The van der Waals surface area contributed by atoms with E-state index in [9.17, 15) is 30.7 Å². The molecule has 3 nitrogen and oxygen atoms in total. The van der Waals surface area contributed by atoms with Crippen molar-refractivity contribution >= 4 is 5.69 Å². The molecule has 3 aromatic carbocycles. The minimum atomic E-state index is -4.43. The first-order valence-corrected chi connectivity index (χ1v) is 9.23. The van der Waals surface area contributed by atoms with Crippen LogP contribution >= 0.6 is 0 Å². The molecule has 1 aliphatic heterocycles. The maximum Gasteiger partial charge on any atom is 0.461 e. The van der Waals surface area contributed by atoms with Crippen molar-refractivity contribution in [3.8, 4) is 22.6 Å². The average molecular weight is 459 g/mol. The fraction of sp³-hybridized carbons (Fsp3) is 0.182. The molecule has 0 aromatic heterocycles. The second kappa shape index (κ2) is 9.80. The number of fused-ring (bicyclic) bond motifs is 1. The van der Waals surface area contributed by atoms with Gasteiger partial charge in [-0.05, 0) is 35.9 Å². The van der Waals surface area contributed by atoms with Crippen molar-refractivity contribution in [1.29, 1.82) is 0 Å². The number of para-hydroxylation sites is 2. The second-order valence-electron chi connectivity index (χ2n) is 6.49. The van der Waals surface area contributed by atoms with E-state index in [2.05, 4.69) is 10.1 Å². The first-order valence-electron chi connectivity index (χ1n) is 9.23. The molecule has 0 saturated heterocycles. The van der Waals surface area contributed by atoms with E-state index in [4.69, 9.17) is 4.74 Å². The van der Waals surface area contributed by atoms with E-state index >= 15 is 0 Å². The van der Waals surface area contributed by atoms with Crippen molar-refractivity contribution in [2.24, 2.45) is 0 Å². The third kappa shape index (κ3) is 5.43. The molecule has 3 aromatic rings. The SMILES string of the molecule is FC(F)C(F)(F)Oc1ccccc1.Fc1cc(-c2cccc3c2OCCN3)cc(F)c1F. The molecule has 0 bridgehead atoms. The molecule has 1 aliphatic rings. The van der Waals surface area contributed by atoms with E-state index in [1.54, 1.807) is 18.2 Å². The van der Waals surface area contributed by atoms with Gasteiger partial charge >= 0.3 is 12.5 Å². The van der Waals surface area contributed by atoms with Gasteiger partial charge in [-0.1, -0.05) is 30.3 Å². The number of hydrogen-bond donors (Lipinski definition) is 1. The van der Waals surface area contributed by atoms with E-state index in [1.165, 1.54) is 24.3 Å².